The van der Waals surface area contributed by atoms with Gasteiger partial charge in [-0.05, 0) is 77.0 Å². The van der Waals surface area contributed by atoms with E-state index in [-0.39, 0.29) is 12.5 Å². The molecule has 0 spiro atoms. The summed E-state index contributed by atoms with van der Waals surface area (Å²) >= 11 is 0. The van der Waals surface area contributed by atoms with Crippen LogP contribution in [0.15, 0.2) is 97.2 Å². The Bertz CT molecular complexity index is 999. The van der Waals surface area contributed by atoms with Crippen LogP contribution in [0.25, 0.3) is 0 Å². The summed E-state index contributed by atoms with van der Waals surface area (Å²) in [7, 11) is 0. The zero-order valence-electron chi connectivity index (χ0n) is 33.8. The molecule has 0 aliphatic heterocycles. The molecule has 52 heavy (non-hydrogen) atoms. The Morgan fingerprint density at radius 2 is 0.846 bits per heavy atom. The number of carbonyl (C=O) groups excluding carboxylic acids is 1. The molecule has 296 valence electrons. The molecule has 0 saturated carbocycles. The zero-order valence-corrected chi connectivity index (χ0v) is 33.8. The average molecular weight is 720 g/mol. The molecule has 0 fully saturated rings. The lowest BCUT2D eigenvalue weighted by Gasteiger charge is -2.22. The fraction of sp³-hybridized carbons (Fsp3) is 0.646. The maximum atomic E-state index is 12.4. The van der Waals surface area contributed by atoms with E-state index >= 15 is 0 Å². The number of allylic oxidation sites excluding steroid dienone is 16. The average Bonchev–Trinajstić information content (AvgIpc) is 3.15. The van der Waals surface area contributed by atoms with Gasteiger partial charge in [-0.1, -0.05) is 195 Å². The van der Waals surface area contributed by atoms with Crippen LogP contribution in [0.2, 0.25) is 0 Å². The highest BCUT2D eigenvalue weighted by molar-refractivity contribution is 5.76. The number of aliphatic hydroxyl groups is 2. The van der Waals surface area contributed by atoms with Crippen LogP contribution in [0, 0.1) is 0 Å². The van der Waals surface area contributed by atoms with Crippen molar-refractivity contribution >= 4 is 5.91 Å². The van der Waals surface area contributed by atoms with E-state index in [0.717, 1.165) is 96.3 Å². The summed E-state index contributed by atoms with van der Waals surface area (Å²) in [4.78, 5) is 12.4. The predicted molar refractivity (Wildman–Crippen MR) is 230 cm³/mol. The van der Waals surface area contributed by atoms with E-state index in [1.54, 1.807) is 0 Å². The van der Waals surface area contributed by atoms with Crippen molar-refractivity contribution in [2.24, 2.45) is 0 Å². The summed E-state index contributed by atoms with van der Waals surface area (Å²) in [5, 5.41) is 23.1. The largest absolute Gasteiger partial charge is 0.394 e. The summed E-state index contributed by atoms with van der Waals surface area (Å²) < 4.78 is 0. The third kappa shape index (κ3) is 38.5. The molecule has 0 bridgehead atoms. The predicted octanol–water partition coefficient (Wildman–Crippen LogP) is 13.5. The lowest BCUT2D eigenvalue weighted by atomic mass is 10.0. The van der Waals surface area contributed by atoms with Gasteiger partial charge in [0.2, 0.25) is 5.91 Å². The fourth-order valence-corrected chi connectivity index (χ4v) is 5.84. The second kappa shape index (κ2) is 42.7. The van der Waals surface area contributed by atoms with Gasteiger partial charge in [0.05, 0.1) is 18.8 Å². The Morgan fingerprint density at radius 1 is 0.481 bits per heavy atom. The van der Waals surface area contributed by atoms with E-state index < -0.39 is 12.1 Å². The maximum absolute atomic E-state index is 12.4. The van der Waals surface area contributed by atoms with Gasteiger partial charge in [-0.2, -0.15) is 0 Å². The molecule has 4 heteroatoms. The first-order valence-electron chi connectivity index (χ1n) is 21.4. The Hall–Kier alpha value is -2.69. The first-order chi connectivity index (χ1) is 25.7. The molecule has 0 aromatic carbocycles. The lowest BCUT2D eigenvalue weighted by molar-refractivity contribution is -0.123. The molecule has 2 atom stereocenters. The Morgan fingerprint density at radius 3 is 1.27 bits per heavy atom. The van der Waals surface area contributed by atoms with Gasteiger partial charge in [0.1, 0.15) is 0 Å². The van der Waals surface area contributed by atoms with Crippen LogP contribution in [-0.2, 0) is 4.79 Å². The fourth-order valence-electron chi connectivity index (χ4n) is 5.84. The number of nitrogens with one attached hydrogen (secondary N) is 1. The molecular weight excluding hydrogens is 639 g/mol. The van der Waals surface area contributed by atoms with Gasteiger partial charge in [0.15, 0.2) is 0 Å². The van der Waals surface area contributed by atoms with E-state index in [0.29, 0.717) is 12.8 Å². The summed E-state index contributed by atoms with van der Waals surface area (Å²) in [5.41, 5.74) is 0. The van der Waals surface area contributed by atoms with E-state index in [2.05, 4.69) is 116 Å². The summed E-state index contributed by atoms with van der Waals surface area (Å²) in [6, 6.07) is -0.555. The van der Waals surface area contributed by atoms with Gasteiger partial charge in [-0.25, -0.2) is 0 Å². The molecule has 0 rings (SSSR count). The SMILES string of the molecule is CC/C=C\C/C=C\C/C=C\C/C=C\C/C=C\C/C=C\C/C=C\C/C=C\CCCCCCC(=O)NC(CO)C(O)CCCCCCCCCCCCC. The van der Waals surface area contributed by atoms with Crippen molar-refractivity contribution in [1.82, 2.24) is 5.32 Å². The summed E-state index contributed by atoms with van der Waals surface area (Å²) in [6.45, 7) is 4.20. The number of amides is 1. The summed E-state index contributed by atoms with van der Waals surface area (Å²) in [5.74, 6) is -0.0623. The van der Waals surface area contributed by atoms with Gasteiger partial charge < -0.3 is 15.5 Å². The minimum Gasteiger partial charge on any atom is -0.394 e. The Kier molecular flexibility index (Phi) is 40.5. The van der Waals surface area contributed by atoms with Gasteiger partial charge in [0, 0.05) is 6.42 Å². The van der Waals surface area contributed by atoms with Crippen molar-refractivity contribution < 1.29 is 15.0 Å². The molecule has 2 unspecified atom stereocenters. The van der Waals surface area contributed by atoms with E-state index in [1.165, 1.54) is 57.8 Å². The van der Waals surface area contributed by atoms with Crippen molar-refractivity contribution in [3.8, 4) is 0 Å². The Balaban J connectivity index is 3.69. The zero-order chi connectivity index (χ0) is 37.8. The van der Waals surface area contributed by atoms with Crippen LogP contribution in [-0.4, -0.2) is 34.9 Å². The van der Waals surface area contributed by atoms with Gasteiger partial charge in [-0.3, -0.25) is 4.79 Å². The van der Waals surface area contributed by atoms with Crippen LogP contribution in [0.5, 0.6) is 0 Å². The maximum Gasteiger partial charge on any atom is 0.220 e. The van der Waals surface area contributed by atoms with Crippen molar-refractivity contribution in [2.45, 2.75) is 193 Å². The van der Waals surface area contributed by atoms with Gasteiger partial charge in [0.25, 0.3) is 0 Å². The topological polar surface area (TPSA) is 69.6 Å². The number of carbonyl (C=O) groups is 1. The van der Waals surface area contributed by atoms with Crippen LogP contribution in [0.4, 0.5) is 0 Å². The van der Waals surface area contributed by atoms with Gasteiger partial charge in [-0.15, -0.1) is 0 Å². The molecule has 0 aromatic rings. The molecule has 4 nitrogen and oxygen atoms in total. The molecule has 0 aliphatic carbocycles. The minimum absolute atomic E-state index is 0.0623. The molecule has 0 radical (unpaired) electrons. The highest BCUT2D eigenvalue weighted by atomic mass is 16.3. The van der Waals surface area contributed by atoms with Crippen molar-refractivity contribution in [2.75, 3.05) is 6.61 Å². The van der Waals surface area contributed by atoms with Crippen LogP contribution < -0.4 is 5.32 Å². The van der Waals surface area contributed by atoms with Crippen molar-refractivity contribution in [3.05, 3.63) is 97.2 Å². The van der Waals surface area contributed by atoms with Crippen molar-refractivity contribution in [3.63, 3.8) is 0 Å². The second-order valence-electron chi connectivity index (χ2n) is 14.0. The minimum atomic E-state index is -0.675. The molecule has 3 N–H and O–H groups in total. The monoisotopic (exact) mass is 720 g/mol. The first kappa shape index (κ1) is 49.3. The summed E-state index contributed by atoms with van der Waals surface area (Å²) in [6.07, 6.45) is 63.3. The standard InChI is InChI=1S/C48H81NO3/c1-3-5-7-9-11-13-15-16-17-18-19-20-21-22-23-24-25-26-27-28-29-30-31-32-34-36-38-40-42-44-48(52)49-46(45-50)47(51)43-41-39-37-35-33-14-12-10-8-6-4-2/h5,7,11,13,16-17,19-20,22-23,25-26,28-29,31-32,46-47,50-51H,3-4,6,8-10,12,14-15,18,21,24,27,30,33-45H2,1-2H3,(H,49,52)/b7-5-,13-11-,17-16-,20-19-,23-22-,26-25-,29-28-,32-31-. The third-order valence-electron chi connectivity index (χ3n) is 9.11. The molecule has 0 aromatic heterocycles. The van der Waals surface area contributed by atoms with Crippen LogP contribution >= 0.6 is 0 Å². The third-order valence-corrected chi connectivity index (χ3v) is 9.11. The number of aliphatic hydroxyl groups excluding tert-OH is 2. The first-order valence-corrected chi connectivity index (χ1v) is 21.4. The molecule has 0 saturated heterocycles. The smallest absolute Gasteiger partial charge is 0.220 e. The van der Waals surface area contributed by atoms with Gasteiger partial charge >= 0.3 is 0 Å². The highest BCUT2D eigenvalue weighted by Gasteiger charge is 2.19. The Labute approximate surface area is 322 Å². The molecule has 1 amide bonds. The quantitative estimate of drug-likeness (QED) is 0.0442. The number of hydrogen-bond donors (Lipinski definition) is 3. The normalized spacial score (nSPS) is 14.0. The second-order valence-corrected chi connectivity index (χ2v) is 14.0. The van der Waals surface area contributed by atoms with Crippen LogP contribution in [0.3, 0.4) is 0 Å². The number of rotatable bonds is 37. The van der Waals surface area contributed by atoms with Crippen LogP contribution in [0.1, 0.15) is 181 Å². The molecular formula is C48H81NO3. The lowest BCUT2D eigenvalue weighted by Crippen LogP contribution is -2.45. The molecule has 0 aliphatic rings. The number of hydrogen-bond acceptors (Lipinski definition) is 3. The molecule has 0 heterocycles. The number of unbranched alkanes of at least 4 members (excludes halogenated alkanes) is 14. The van der Waals surface area contributed by atoms with E-state index in [1.807, 2.05) is 0 Å². The highest BCUT2D eigenvalue weighted by Crippen LogP contribution is 2.14. The van der Waals surface area contributed by atoms with E-state index in [9.17, 15) is 15.0 Å². The van der Waals surface area contributed by atoms with Crippen molar-refractivity contribution in [1.29, 1.82) is 0 Å². The van der Waals surface area contributed by atoms with E-state index in [4.69, 9.17) is 0 Å².